The van der Waals surface area contributed by atoms with E-state index < -0.39 is 10.0 Å². The Morgan fingerprint density at radius 3 is 2.67 bits per heavy atom. The summed E-state index contributed by atoms with van der Waals surface area (Å²) < 4.78 is 30.1. The van der Waals surface area contributed by atoms with E-state index in [4.69, 9.17) is 4.52 Å². The molecule has 1 aromatic heterocycles. The summed E-state index contributed by atoms with van der Waals surface area (Å²) in [4.78, 5) is 14.0. The number of aromatic nitrogens is 1. The number of carbonyl (C=O) groups is 1. The Hall–Kier alpha value is -1.41. The monoisotopic (exact) mass is 313 g/mol. The maximum atomic E-state index is 12.2. The molecule has 1 N–H and O–H groups in total. The maximum Gasteiger partial charge on any atom is 0.276 e. The largest absolute Gasteiger partial charge is 0.361 e. The molecular formula is C13H19N3O4S. The summed E-state index contributed by atoms with van der Waals surface area (Å²) in [6, 6.07) is 1.66. The maximum absolute atomic E-state index is 12.2. The first-order chi connectivity index (χ1) is 9.79. The zero-order valence-corrected chi connectivity index (χ0v) is 12.9. The van der Waals surface area contributed by atoms with E-state index >= 15 is 0 Å². The number of sulfonamides is 1. The third-order valence-corrected chi connectivity index (χ3v) is 5.15. The summed E-state index contributed by atoms with van der Waals surface area (Å²) in [5.41, 5.74) is 0.379. The summed E-state index contributed by atoms with van der Waals surface area (Å²) in [6.07, 6.45) is 3.70. The van der Waals surface area contributed by atoms with Crippen LogP contribution in [-0.4, -0.2) is 49.8 Å². The Labute approximate surface area is 123 Å². The van der Waals surface area contributed by atoms with E-state index in [1.54, 1.807) is 17.9 Å². The number of hydrogen-bond acceptors (Lipinski definition) is 5. The van der Waals surface area contributed by atoms with Crippen molar-refractivity contribution in [1.29, 1.82) is 0 Å². The molecule has 2 heterocycles. The lowest BCUT2D eigenvalue weighted by Gasteiger charge is -2.32. The van der Waals surface area contributed by atoms with Crippen LogP contribution in [0.5, 0.6) is 0 Å². The molecule has 1 atom stereocenters. The second kappa shape index (κ2) is 4.81. The van der Waals surface area contributed by atoms with Crippen molar-refractivity contribution in [3.63, 3.8) is 0 Å². The first-order valence-electron chi connectivity index (χ1n) is 6.99. The quantitative estimate of drug-likeness (QED) is 0.878. The van der Waals surface area contributed by atoms with Gasteiger partial charge in [-0.3, -0.25) is 4.79 Å². The van der Waals surface area contributed by atoms with Crippen molar-refractivity contribution in [3.05, 3.63) is 17.5 Å². The van der Waals surface area contributed by atoms with Gasteiger partial charge in [-0.1, -0.05) is 5.16 Å². The van der Waals surface area contributed by atoms with Gasteiger partial charge in [-0.2, -0.15) is 0 Å². The van der Waals surface area contributed by atoms with Gasteiger partial charge in [0.05, 0.1) is 6.26 Å². The molecule has 2 fully saturated rings. The molecule has 0 aromatic carbocycles. The van der Waals surface area contributed by atoms with E-state index in [-0.39, 0.29) is 17.4 Å². The second-order valence-electron chi connectivity index (χ2n) is 6.12. The van der Waals surface area contributed by atoms with Gasteiger partial charge in [-0.25, -0.2) is 13.1 Å². The van der Waals surface area contributed by atoms with Gasteiger partial charge in [0.15, 0.2) is 5.69 Å². The van der Waals surface area contributed by atoms with Gasteiger partial charge in [0.2, 0.25) is 10.0 Å². The molecule has 0 bridgehead atoms. The standard InChI is InChI=1S/C13H19N3O4S/c1-9-7-10(14-20-9)12(17)16-5-3-13(4-6-16)8-11(13)15-21(2,18)19/h7,11,15H,3-6,8H2,1-2H3. The Morgan fingerprint density at radius 1 is 1.48 bits per heavy atom. The molecule has 1 aliphatic carbocycles. The topological polar surface area (TPSA) is 92.5 Å². The minimum atomic E-state index is -3.16. The van der Waals surface area contributed by atoms with Gasteiger partial charge in [0.1, 0.15) is 5.76 Å². The number of aryl methyl sites for hydroxylation is 1. The van der Waals surface area contributed by atoms with Crippen molar-refractivity contribution >= 4 is 15.9 Å². The van der Waals surface area contributed by atoms with E-state index in [0.29, 0.717) is 24.5 Å². The fourth-order valence-electron chi connectivity index (χ4n) is 3.11. The molecular weight excluding hydrogens is 294 g/mol. The zero-order valence-electron chi connectivity index (χ0n) is 12.1. The van der Waals surface area contributed by atoms with Gasteiger partial charge in [0, 0.05) is 25.2 Å². The third-order valence-electron chi connectivity index (χ3n) is 4.44. The predicted octanol–water partition coefficient (Wildman–Crippen LogP) is 0.527. The van der Waals surface area contributed by atoms with E-state index in [2.05, 4.69) is 9.88 Å². The molecule has 1 unspecified atom stereocenters. The van der Waals surface area contributed by atoms with E-state index in [9.17, 15) is 13.2 Å². The zero-order chi connectivity index (χ0) is 15.3. The number of likely N-dealkylation sites (tertiary alicyclic amines) is 1. The number of nitrogens with zero attached hydrogens (tertiary/aromatic N) is 2. The van der Waals surface area contributed by atoms with Crippen molar-refractivity contribution < 1.29 is 17.7 Å². The fourth-order valence-corrected chi connectivity index (χ4v) is 3.96. The smallest absolute Gasteiger partial charge is 0.276 e. The summed E-state index contributed by atoms with van der Waals surface area (Å²) in [5, 5.41) is 3.75. The van der Waals surface area contributed by atoms with Crippen LogP contribution in [0, 0.1) is 12.3 Å². The molecule has 0 radical (unpaired) electrons. The molecule has 1 spiro atoms. The molecule has 116 valence electrons. The lowest BCUT2D eigenvalue weighted by Crippen LogP contribution is -2.41. The SMILES string of the molecule is Cc1cc(C(=O)N2CCC3(CC2)CC3NS(C)(=O)=O)no1. The van der Waals surface area contributed by atoms with Crippen molar-refractivity contribution in [2.24, 2.45) is 5.41 Å². The number of rotatable bonds is 3. The number of hydrogen-bond donors (Lipinski definition) is 1. The summed E-state index contributed by atoms with van der Waals surface area (Å²) in [6.45, 7) is 3.01. The van der Waals surface area contributed by atoms with Crippen molar-refractivity contribution in [2.45, 2.75) is 32.2 Å². The third kappa shape index (κ3) is 2.96. The summed E-state index contributed by atoms with van der Waals surface area (Å²) in [5.74, 6) is 0.501. The van der Waals surface area contributed by atoms with Gasteiger partial charge >= 0.3 is 0 Å². The van der Waals surface area contributed by atoms with Gasteiger partial charge in [-0.05, 0) is 31.6 Å². The molecule has 3 rings (SSSR count). The van der Waals surface area contributed by atoms with Crippen LogP contribution in [0.2, 0.25) is 0 Å². The number of piperidine rings is 1. The van der Waals surface area contributed by atoms with Crippen LogP contribution in [-0.2, 0) is 10.0 Å². The van der Waals surface area contributed by atoms with Crippen molar-refractivity contribution in [1.82, 2.24) is 14.8 Å². The van der Waals surface area contributed by atoms with Crippen LogP contribution in [0.4, 0.5) is 0 Å². The molecule has 1 amide bonds. The first kappa shape index (κ1) is 14.5. The molecule has 1 aromatic rings. The van der Waals surface area contributed by atoms with Gasteiger partial charge in [0.25, 0.3) is 5.91 Å². The highest BCUT2D eigenvalue weighted by atomic mass is 32.2. The lowest BCUT2D eigenvalue weighted by atomic mass is 9.92. The highest BCUT2D eigenvalue weighted by Crippen LogP contribution is 2.54. The normalized spacial score (nSPS) is 24.3. The number of carbonyl (C=O) groups excluding carboxylic acids is 1. The molecule has 7 nitrogen and oxygen atoms in total. The van der Waals surface area contributed by atoms with Crippen LogP contribution in [0.25, 0.3) is 0 Å². The van der Waals surface area contributed by atoms with Crippen LogP contribution >= 0.6 is 0 Å². The number of amides is 1. The van der Waals surface area contributed by atoms with Gasteiger partial charge in [-0.15, -0.1) is 0 Å². The summed E-state index contributed by atoms with van der Waals surface area (Å²) in [7, 11) is -3.16. The Morgan fingerprint density at radius 2 is 2.14 bits per heavy atom. The van der Waals surface area contributed by atoms with Crippen LogP contribution in [0.1, 0.15) is 35.5 Å². The van der Waals surface area contributed by atoms with E-state index in [1.165, 1.54) is 6.26 Å². The molecule has 21 heavy (non-hydrogen) atoms. The van der Waals surface area contributed by atoms with E-state index in [0.717, 1.165) is 19.3 Å². The van der Waals surface area contributed by atoms with Crippen LogP contribution in [0.3, 0.4) is 0 Å². The highest BCUT2D eigenvalue weighted by Gasteiger charge is 2.56. The Bertz CT molecular complexity index is 659. The first-order valence-corrected chi connectivity index (χ1v) is 8.88. The highest BCUT2D eigenvalue weighted by molar-refractivity contribution is 7.88. The average Bonchev–Trinajstić information content (AvgIpc) is 2.83. The molecule has 2 aliphatic rings. The predicted molar refractivity (Wildman–Crippen MR) is 75.2 cm³/mol. The minimum Gasteiger partial charge on any atom is -0.361 e. The lowest BCUT2D eigenvalue weighted by molar-refractivity contribution is 0.0663. The van der Waals surface area contributed by atoms with Gasteiger partial charge < -0.3 is 9.42 Å². The molecule has 1 saturated carbocycles. The average molecular weight is 313 g/mol. The van der Waals surface area contributed by atoms with Crippen molar-refractivity contribution in [3.8, 4) is 0 Å². The molecule has 1 saturated heterocycles. The minimum absolute atomic E-state index is 0.0269. The Kier molecular flexibility index (Phi) is 3.32. The second-order valence-corrected chi connectivity index (χ2v) is 7.90. The molecule has 8 heteroatoms. The van der Waals surface area contributed by atoms with Crippen LogP contribution in [0.15, 0.2) is 10.6 Å². The summed E-state index contributed by atoms with van der Waals surface area (Å²) >= 11 is 0. The van der Waals surface area contributed by atoms with E-state index in [1.807, 2.05) is 0 Å². The Balaban J connectivity index is 1.58. The van der Waals surface area contributed by atoms with Crippen molar-refractivity contribution in [2.75, 3.05) is 19.3 Å². The molecule has 1 aliphatic heterocycles. The number of nitrogens with one attached hydrogen (secondary N) is 1. The van der Waals surface area contributed by atoms with Crippen LogP contribution < -0.4 is 4.72 Å². The fraction of sp³-hybridized carbons (Fsp3) is 0.692.